The molecule has 112 valence electrons. The van der Waals surface area contributed by atoms with Crippen LogP contribution >= 0.6 is 0 Å². The highest BCUT2D eigenvalue weighted by Crippen LogP contribution is 2.20. The second kappa shape index (κ2) is 8.28. The lowest BCUT2D eigenvalue weighted by atomic mass is 9.98. The number of methoxy groups -OCH3 is 1. The number of ether oxygens (including phenoxy) is 2. The number of hydrogen-bond donors (Lipinski definition) is 1. The Hall–Kier alpha value is -1.06. The Labute approximate surface area is 122 Å². The SMILES string of the molecule is COc1ccc(CNCCOC2CCCCC2)cc1C. The van der Waals surface area contributed by atoms with E-state index in [9.17, 15) is 0 Å². The maximum atomic E-state index is 5.90. The van der Waals surface area contributed by atoms with Gasteiger partial charge in [-0.3, -0.25) is 0 Å². The summed E-state index contributed by atoms with van der Waals surface area (Å²) in [6.45, 7) is 4.70. The Bertz CT molecular complexity index is 400. The van der Waals surface area contributed by atoms with E-state index in [0.29, 0.717) is 6.10 Å². The van der Waals surface area contributed by atoms with Gasteiger partial charge in [-0.2, -0.15) is 0 Å². The molecule has 0 atom stereocenters. The summed E-state index contributed by atoms with van der Waals surface area (Å²) in [5.41, 5.74) is 2.48. The van der Waals surface area contributed by atoms with E-state index >= 15 is 0 Å². The molecule has 0 amide bonds. The smallest absolute Gasteiger partial charge is 0.121 e. The maximum absolute atomic E-state index is 5.90. The molecule has 2 rings (SSSR count). The first-order chi connectivity index (χ1) is 9.79. The van der Waals surface area contributed by atoms with Crippen molar-refractivity contribution in [1.82, 2.24) is 5.32 Å². The van der Waals surface area contributed by atoms with E-state index in [2.05, 4.69) is 24.4 Å². The van der Waals surface area contributed by atoms with Gasteiger partial charge in [0.2, 0.25) is 0 Å². The van der Waals surface area contributed by atoms with Gasteiger partial charge in [0.1, 0.15) is 5.75 Å². The molecule has 0 bridgehead atoms. The lowest BCUT2D eigenvalue weighted by Gasteiger charge is -2.22. The molecule has 0 radical (unpaired) electrons. The topological polar surface area (TPSA) is 30.5 Å². The van der Waals surface area contributed by atoms with Crippen LogP contribution in [0, 0.1) is 6.92 Å². The molecule has 20 heavy (non-hydrogen) atoms. The number of benzene rings is 1. The largest absolute Gasteiger partial charge is 0.496 e. The van der Waals surface area contributed by atoms with Crippen LogP contribution in [0.25, 0.3) is 0 Å². The third kappa shape index (κ3) is 4.80. The van der Waals surface area contributed by atoms with Gasteiger partial charge in [-0.05, 0) is 37.0 Å². The number of hydrogen-bond acceptors (Lipinski definition) is 3. The molecule has 1 fully saturated rings. The molecule has 3 nitrogen and oxygen atoms in total. The molecule has 1 aliphatic carbocycles. The van der Waals surface area contributed by atoms with Gasteiger partial charge in [-0.1, -0.05) is 31.4 Å². The molecule has 0 aliphatic heterocycles. The number of rotatable bonds is 7. The van der Waals surface area contributed by atoms with Crippen molar-refractivity contribution in [1.29, 1.82) is 0 Å². The summed E-state index contributed by atoms with van der Waals surface area (Å²) in [6, 6.07) is 6.32. The van der Waals surface area contributed by atoms with Gasteiger partial charge in [0.15, 0.2) is 0 Å². The van der Waals surface area contributed by atoms with Gasteiger partial charge in [-0.15, -0.1) is 0 Å². The van der Waals surface area contributed by atoms with Gasteiger partial charge < -0.3 is 14.8 Å². The first-order valence-corrected chi connectivity index (χ1v) is 7.75. The maximum Gasteiger partial charge on any atom is 0.121 e. The highest BCUT2D eigenvalue weighted by Gasteiger charge is 2.12. The monoisotopic (exact) mass is 277 g/mol. The van der Waals surface area contributed by atoms with Crippen molar-refractivity contribution in [3.05, 3.63) is 29.3 Å². The molecule has 1 N–H and O–H groups in total. The number of aryl methyl sites for hydroxylation is 1. The van der Waals surface area contributed by atoms with E-state index in [0.717, 1.165) is 25.4 Å². The Kier molecular flexibility index (Phi) is 6.34. The average molecular weight is 277 g/mol. The predicted molar refractivity (Wildman–Crippen MR) is 82.3 cm³/mol. The van der Waals surface area contributed by atoms with Crippen molar-refractivity contribution >= 4 is 0 Å². The quantitative estimate of drug-likeness (QED) is 0.774. The minimum atomic E-state index is 0.508. The van der Waals surface area contributed by atoms with Crippen LogP contribution in [-0.4, -0.2) is 26.4 Å². The molecule has 0 heterocycles. The van der Waals surface area contributed by atoms with Crippen LogP contribution in [0.4, 0.5) is 0 Å². The van der Waals surface area contributed by atoms with Crippen molar-refractivity contribution in [2.45, 2.75) is 51.7 Å². The van der Waals surface area contributed by atoms with E-state index in [-0.39, 0.29) is 0 Å². The second-order valence-electron chi connectivity index (χ2n) is 5.61. The van der Waals surface area contributed by atoms with Crippen LogP contribution in [0.15, 0.2) is 18.2 Å². The standard InChI is InChI=1S/C17H27NO2/c1-14-12-15(8-9-17(14)19-2)13-18-10-11-20-16-6-4-3-5-7-16/h8-9,12,16,18H,3-7,10-11,13H2,1-2H3. The van der Waals surface area contributed by atoms with Crippen LogP contribution < -0.4 is 10.1 Å². The van der Waals surface area contributed by atoms with Crippen LogP contribution in [0.1, 0.15) is 43.2 Å². The first-order valence-electron chi connectivity index (χ1n) is 7.75. The molecular weight excluding hydrogens is 250 g/mol. The first kappa shape index (κ1) is 15.3. The zero-order chi connectivity index (χ0) is 14.2. The second-order valence-corrected chi connectivity index (χ2v) is 5.61. The van der Waals surface area contributed by atoms with Crippen LogP contribution in [0.2, 0.25) is 0 Å². The zero-order valence-electron chi connectivity index (χ0n) is 12.8. The summed E-state index contributed by atoms with van der Waals surface area (Å²) in [5, 5.41) is 3.44. The lowest BCUT2D eigenvalue weighted by Crippen LogP contribution is -2.24. The highest BCUT2D eigenvalue weighted by molar-refractivity contribution is 5.36. The molecular formula is C17H27NO2. The Balaban J connectivity index is 1.61. The van der Waals surface area contributed by atoms with Crippen molar-refractivity contribution in [3.8, 4) is 5.75 Å². The van der Waals surface area contributed by atoms with Crippen molar-refractivity contribution in [3.63, 3.8) is 0 Å². The van der Waals surface area contributed by atoms with Crippen LogP contribution in [0.3, 0.4) is 0 Å². The van der Waals surface area contributed by atoms with E-state index in [1.807, 2.05) is 6.07 Å². The molecule has 1 saturated carbocycles. The summed E-state index contributed by atoms with van der Waals surface area (Å²) < 4.78 is 11.2. The summed E-state index contributed by atoms with van der Waals surface area (Å²) in [6.07, 6.45) is 7.06. The fourth-order valence-electron chi connectivity index (χ4n) is 2.81. The van der Waals surface area contributed by atoms with Gasteiger partial charge >= 0.3 is 0 Å². The van der Waals surface area contributed by atoms with E-state index < -0.39 is 0 Å². The molecule has 3 heteroatoms. The van der Waals surface area contributed by atoms with Crippen molar-refractivity contribution < 1.29 is 9.47 Å². The summed E-state index contributed by atoms with van der Waals surface area (Å²) in [7, 11) is 1.71. The summed E-state index contributed by atoms with van der Waals surface area (Å²) >= 11 is 0. The molecule has 0 saturated heterocycles. The summed E-state index contributed by atoms with van der Waals surface area (Å²) in [4.78, 5) is 0. The Morgan fingerprint density at radius 1 is 1.20 bits per heavy atom. The predicted octanol–water partition coefficient (Wildman–Crippen LogP) is 3.44. The van der Waals surface area contributed by atoms with Crippen molar-refractivity contribution in [2.24, 2.45) is 0 Å². The van der Waals surface area contributed by atoms with Crippen LogP contribution in [0.5, 0.6) is 5.75 Å². The Morgan fingerprint density at radius 3 is 2.70 bits per heavy atom. The van der Waals surface area contributed by atoms with Gasteiger partial charge in [0.25, 0.3) is 0 Å². The minimum Gasteiger partial charge on any atom is -0.496 e. The lowest BCUT2D eigenvalue weighted by molar-refractivity contribution is 0.0302. The van der Waals surface area contributed by atoms with Gasteiger partial charge in [-0.25, -0.2) is 0 Å². The normalized spacial score (nSPS) is 16.3. The molecule has 1 aliphatic rings. The molecule has 1 aromatic carbocycles. The highest BCUT2D eigenvalue weighted by atomic mass is 16.5. The van der Waals surface area contributed by atoms with Crippen LogP contribution in [-0.2, 0) is 11.3 Å². The zero-order valence-corrected chi connectivity index (χ0v) is 12.8. The summed E-state index contributed by atoms with van der Waals surface area (Å²) in [5.74, 6) is 0.953. The third-order valence-corrected chi connectivity index (χ3v) is 3.97. The molecule has 0 aromatic heterocycles. The van der Waals surface area contributed by atoms with E-state index in [1.165, 1.54) is 43.2 Å². The third-order valence-electron chi connectivity index (χ3n) is 3.97. The molecule has 0 unspecified atom stereocenters. The van der Waals surface area contributed by atoms with Gasteiger partial charge in [0, 0.05) is 13.1 Å². The minimum absolute atomic E-state index is 0.508. The molecule has 1 aromatic rings. The van der Waals surface area contributed by atoms with Crippen molar-refractivity contribution in [2.75, 3.05) is 20.3 Å². The average Bonchev–Trinajstić information content (AvgIpc) is 2.48. The van der Waals surface area contributed by atoms with E-state index in [4.69, 9.17) is 9.47 Å². The van der Waals surface area contributed by atoms with E-state index in [1.54, 1.807) is 7.11 Å². The van der Waals surface area contributed by atoms with Gasteiger partial charge in [0.05, 0.1) is 19.8 Å². The fraction of sp³-hybridized carbons (Fsp3) is 0.647. The molecule has 0 spiro atoms. The number of nitrogens with one attached hydrogen (secondary N) is 1. The fourth-order valence-corrected chi connectivity index (χ4v) is 2.81. The Morgan fingerprint density at radius 2 is 2.00 bits per heavy atom.